The summed E-state index contributed by atoms with van der Waals surface area (Å²) in [5.74, 6) is 1.41. The molecule has 1 aromatic heterocycles. The average Bonchev–Trinajstić information content (AvgIpc) is 3.27. The lowest BCUT2D eigenvalue weighted by molar-refractivity contribution is 0.127. The fourth-order valence-corrected chi connectivity index (χ4v) is 2.83. The summed E-state index contributed by atoms with van der Waals surface area (Å²) in [4.78, 5) is 14.0. The van der Waals surface area contributed by atoms with Crippen molar-refractivity contribution in [3.8, 4) is 5.75 Å². The number of nitrogens with one attached hydrogen (secondary N) is 1. The summed E-state index contributed by atoms with van der Waals surface area (Å²) in [6.45, 7) is 3.90. The maximum absolute atomic E-state index is 12.2. The highest BCUT2D eigenvalue weighted by Crippen LogP contribution is 2.39. The number of hydrogen-bond donors (Lipinski definition) is 1. The number of likely N-dealkylation sites (tertiary alicyclic amines) is 1. The highest BCUT2D eigenvalue weighted by molar-refractivity contribution is 5.89. The van der Waals surface area contributed by atoms with E-state index in [-0.39, 0.29) is 12.1 Å². The van der Waals surface area contributed by atoms with Gasteiger partial charge in [-0.1, -0.05) is 5.21 Å². The minimum atomic E-state index is -0.0852. The van der Waals surface area contributed by atoms with Crippen LogP contribution in [-0.4, -0.2) is 45.6 Å². The molecule has 0 unspecified atom stereocenters. The van der Waals surface area contributed by atoms with Gasteiger partial charge in [0.1, 0.15) is 5.75 Å². The number of urea groups is 1. The molecule has 2 fully saturated rings. The lowest BCUT2D eigenvalue weighted by Crippen LogP contribution is -2.52. The normalized spacial score (nSPS) is 17.5. The number of rotatable bonds is 5. The van der Waals surface area contributed by atoms with Crippen LogP contribution in [0.25, 0.3) is 0 Å². The van der Waals surface area contributed by atoms with Crippen molar-refractivity contribution in [1.82, 2.24) is 19.9 Å². The quantitative estimate of drug-likeness (QED) is 0.916. The molecule has 1 saturated carbocycles. The number of amides is 2. The van der Waals surface area contributed by atoms with Crippen LogP contribution >= 0.6 is 0 Å². The van der Waals surface area contributed by atoms with Crippen LogP contribution in [0.3, 0.4) is 0 Å². The maximum Gasteiger partial charge on any atom is 0.321 e. The Hall–Kier alpha value is -2.57. The van der Waals surface area contributed by atoms with Gasteiger partial charge in [-0.15, -0.1) is 5.10 Å². The molecule has 2 amide bonds. The second kappa shape index (κ2) is 6.14. The van der Waals surface area contributed by atoms with Crippen molar-refractivity contribution in [3.05, 3.63) is 36.2 Å². The van der Waals surface area contributed by atoms with Crippen LogP contribution in [0.2, 0.25) is 0 Å². The van der Waals surface area contributed by atoms with E-state index in [9.17, 15) is 4.79 Å². The molecule has 2 heterocycles. The largest absolute Gasteiger partial charge is 0.494 e. The van der Waals surface area contributed by atoms with Crippen LogP contribution in [0.1, 0.15) is 37.4 Å². The number of carbonyl (C=O) groups excluding carboxylic acids is 1. The van der Waals surface area contributed by atoms with Gasteiger partial charge in [-0.3, -0.25) is 0 Å². The zero-order valence-electron chi connectivity index (χ0n) is 13.7. The number of nitrogens with zero attached hydrogens (tertiary/aromatic N) is 4. The van der Waals surface area contributed by atoms with E-state index in [2.05, 4.69) is 15.6 Å². The van der Waals surface area contributed by atoms with Gasteiger partial charge in [-0.05, 0) is 44.0 Å². The Morgan fingerprint density at radius 3 is 2.71 bits per heavy atom. The van der Waals surface area contributed by atoms with E-state index < -0.39 is 0 Å². The Bertz CT molecular complexity index is 717. The predicted octanol–water partition coefficient (Wildman–Crippen LogP) is 2.64. The monoisotopic (exact) mass is 327 g/mol. The molecule has 0 bridgehead atoms. The van der Waals surface area contributed by atoms with Crippen molar-refractivity contribution < 1.29 is 9.53 Å². The van der Waals surface area contributed by atoms with Gasteiger partial charge in [0.25, 0.3) is 0 Å². The van der Waals surface area contributed by atoms with Gasteiger partial charge in [0, 0.05) is 30.9 Å². The fraction of sp³-hybridized carbons (Fsp3) is 0.471. The third kappa shape index (κ3) is 3.06. The number of anilines is 1. The molecule has 1 aromatic carbocycles. The highest BCUT2D eigenvalue weighted by Gasteiger charge is 2.34. The van der Waals surface area contributed by atoms with Crippen LogP contribution in [0.5, 0.6) is 5.75 Å². The molecular weight excluding hydrogens is 306 g/mol. The molecule has 1 saturated heterocycles. The Labute approximate surface area is 140 Å². The predicted molar refractivity (Wildman–Crippen MR) is 89.2 cm³/mol. The first-order valence-corrected chi connectivity index (χ1v) is 8.43. The first-order valence-electron chi connectivity index (χ1n) is 8.43. The topological polar surface area (TPSA) is 72.3 Å². The molecule has 7 nitrogen and oxygen atoms in total. The van der Waals surface area contributed by atoms with Crippen LogP contribution in [-0.2, 0) is 0 Å². The van der Waals surface area contributed by atoms with Crippen molar-refractivity contribution in [3.63, 3.8) is 0 Å². The standard InChI is InChI=1S/C17H21N5O2/c1-2-24-15-7-5-13(6-8-15)18-17(23)21-9-14(10-21)22-11-16(19-20-22)12-3-4-12/h5-8,11-12,14H,2-4,9-10H2,1H3,(H,18,23). The Morgan fingerprint density at radius 2 is 2.04 bits per heavy atom. The van der Waals surface area contributed by atoms with Gasteiger partial charge in [-0.25, -0.2) is 9.48 Å². The lowest BCUT2D eigenvalue weighted by Gasteiger charge is -2.38. The molecular formula is C17H21N5O2. The second-order valence-electron chi connectivity index (χ2n) is 6.34. The highest BCUT2D eigenvalue weighted by atomic mass is 16.5. The van der Waals surface area contributed by atoms with Crippen LogP contribution in [0.15, 0.2) is 30.5 Å². The minimum absolute atomic E-state index is 0.0852. The van der Waals surface area contributed by atoms with E-state index in [0.717, 1.165) is 17.1 Å². The van der Waals surface area contributed by atoms with Gasteiger partial charge in [0.15, 0.2) is 0 Å². The molecule has 0 atom stereocenters. The zero-order valence-corrected chi connectivity index (χ0v) is 13.7. The number of aromatic nitrogens is 3. The molecule has 0 spiro atoms. The first kappa shape index (κ1) is 15.0. The van der Waals surface area contributed by atoms with Gasteiger partial charge in [-0.2, -0.15) is 0 Å². The average molecular weight is 327 g/mol. The van der Waals surface area contributed by atoms with Crippen LogP contribution < -0.4 is 10.1 Å². The van der Waals surface area contributed by atoms with Crippen molar-refractivity contribution in [2.45, 2.75) is 31.7 Å². The number of ether oxygens (including phenoxy) is 1. The number of carbonyl (C=O) groups is 1. The van der Waals surface area contributed by atoms with E-state index >= 15 is 0 Å². The van der Waals surface area contributed by atoms with E-state index in [1.54, 1.807) is 4.90 Å². The molecule has 7 heteroatoms. The molecule has 126 valence electrons. The van der Waals surface area contributed by atoms with Crippen LogP contribution in [0.4, 0.5) is 10.5 Å². The third-order valence-electron chi connectivity index (χ3n) is 4.46. The van der Waals surface area contributed by atoms with Gasteiger partial charge < -0.3 is 15.0 Å². The summed E-state index contributed by atoms with van der Waals surface area (Å²) >= 11 is 0. The third-order valence-corrected chi connectivity index (χ3v) is 4.46. The molecule has 1 aliphatic heterocycles. The van der Waals surface area contributed by atoms with Crippen molar-refractivity contribution in [2.75, 3.05) is 25.0 Å². The minimum Gasteiger partial charge on any atom is -0.494 e. The molecule has 0 radical (unpaired) electrons. The van der Waals surface area contributed by atoms with Crippen LogP contribution in [0, 0.1) is 0 Å². The fourth-order valence-electron chi connectivity index (χ4n) is 2.83. The molecule has 2 aromatic rings. The summed E-state index contributed by atoms with van der Waals surface area (Å²) in [5, 5.41) is 11.3. The molecule has 1 aliphatic carbocycles. The summed E-state index contributed by atoms with van der Waals surface area (Å²) in [6, 6.07) is 7.55. The van der Waals surface area contributed by atoms with Crippen molar-refractivity contribution >= 4 is 11.7 Å². The summed E-state index contributed by atoms with van der Waals surface area (Å²) < 4.78 is 7.29. The molecule has 2 aliphatic rings. The number of benzene rings is 1. The Kier molecular flexibility index (Phi) is 3.84. The molecule has 1 N–H and O–H groups in total. The second-order valence-corrected chi connectivity index (χ2v) is 6.34. The van der Waals surface area contributed by atoms with Gasteiger partial charge in [0.05, 0.1) is 18.3 Å². The Balaban J connectivity index is 1.28. The van der Waals surface area contributed by atoms with E-state index in [4.69, 9.17) is 4.74 Å². The van der Waals surface area contributed by atoms with E-state index in [1.807, 2.05) is 42.1 Å². The molecule has 4 rings (SSSR count). The maximum atomic E-state index is 12.2. The van der Waals surface area contributed by atoms with Gasteiger partial charge in [0.2, 0.25) is 0 Å². The first-order chi connectivity index (χ1) is 11.7. The number of hydrogen-bond acceptors (Lipinski definition) is 4. The van der Waals surface area contributed by atoms with E-state index in [0.29, 0.717) is 25.6 Å². The van der Waals surface area contributed by atoms with E-state index in [1.165, 1.54) is 12.8 Å². The molecule has 24 heavy (non-hydrogen) atoms. The van der Waals surface area contributed by atoms with Crippen molar-refractivity contribution in [2.24, 2.45) is 0 Å². The summed E-state index contributed by atoms with van der Waals surface area (Å²) in [5.41, 5.74) is 1.86. The van der Waals surface area contributed by atoms with Gasteiger partial charge >= 0.3 is 6.03 Å². The zero-order chi connectivity index (χ0) is 16.5. The Morgan fingerprint density at radius 1 is 1.29 bits per heavy atom. The SMILES string of the molecule is CCOc1ccc(NC(=O)N2CC(n3cc(C4CC4)nn3)C2)cc1. The van der Waals surface area contributed by atoms with Crippen molar-refractivity contribution in [1.29, 1.82) is 0 Å². The lowest BCUT2D eigenvalue weighted by atomic mass is 10.1. The summed E-state index contributed by atoms with van der Waals surface area (Å²) in [6.07, 6.45) is 4.48. The smallest absolute Gasteiger partial charge is 0.321 e. The summed E-state index contributed by atoms with van der Waals surface area (Å²) in [7, 11) is 0.